The molecule has 1 aliphatic heterocycles. The topological polar surface area (TPSA) is 61.4 Å². The quantitative estimate of drug-likeness (QED) is 0.910. The number of rotatable bonds is 3. The molecule has 1 heterocycles. The van der Waals surface area contributed by atoms with Gasteiger partial charge in [0.25, 0.3) is 0 Å². The van der Waals surface area contributed by atoms with Crippen molar-refractivity contribution in [2.45, 2.75) is 19.4 Å². The van der Waals surface area contributed by atoms with Crippen molar-refractivity contribution in [3.05, 3.63) is 59.9 Å². The first-order chi connectivity index (χ1) is 11.6. The zero-order valence-electron chi connectivity index (χ0n) is 13.3. The van der Waals surface area contributed by atoms with Gasteiger partial charge in [-0.05, 0) is 37.6 Å². The molecule has 0 spiro atoms. The highest BCUT2D eigenvalue weighted by atomic mass is 19.1. The molecule has 2 N–H and O–H groups in total. The van der Waals surface area contributed by atoms with Gasteiger partial charge in [-0.25, -0.2) is 9.18 Å². The Hall–Kier alpha value is -2.89. The molecule has 1 aliphatic rings. The lowest BCUT2D eigenvalue weighted by atomic mass is 10.2. The van der Waals surface area contributed by atoms with E-state index in [1.54, 1.807) is 17.9 Å². The molecule has 124 valence electrons. The number of hydrogen-bond donors (Lipinski definition) is 2. The van der Waals surface area contributed by atoms with Gasteiger partial charge in [-0.2, -0.15) is 0 Å². The molecular weight excluding hydrogens is 309 g/mol. The van der Waals surface area contributed by atoms with E-state index in [-0.39, 0.29) is 11.7 Å². The van der Waals surface area contributed by atoms with E-state index in [1.165, 1.54) is 12.1 Å². The minimum atomic E-state index is -0.584. The van der Waals surface area contributed by atoms with Crippen molar-refractivity contribution in [1.82, 2.24) is 5.32 Å². The predicted octanol–water partition coefficient (Wildman–Crippen LogP) is 3.06. The summed E-state index contributed by atoms with van der Waals surface area (Å²) in [6.45, 7) is 2.13. The first-order valence-electron chi connectivity index (χ1n) is 7.75. The third-order valence-corrected chi connectivity index (χ3v) is 4.09. The van der Waals surface area contributed by atoms with Crippen LogP contribution in [0.5, 0.6) is 0 Å². The maximum absolute atomic E-state index is 13.5. The van der Waals surface area contributed by atoms with E-state index in [2.05, 4.69) is 10.6 Å². The van der Waals surface area contributed by atoms with E-state index in [0.717, 1.165) is 5.69 Å². The summed E-state index contributed by atoms with van der Waals surface area (Å²) in [7, 11) is 0. The third-order valence-electron chi connectivity index (χ3n) is 4.09. The number of halogens is 1. The van der Waals surface area contributed by atoms with Gasteiger partial charge < -0.3 is 15.5 Å². The second kappa shape index (κ2) is 6.70. The Labute approximate surface area is 139 Å². The Morgan fingerprint density at radius 3 is 2.67 bits per heavy atom. The van der Waals surface area contributed by atoms with Gasteiger partial charge in [-0.15, -0.1) is 0 Å². The molecule has 2 aromatic rings. The molecule has 3 rings (SSSR count). The normalized spacial score (nSPS) is 17.0. The number of urea groups is 1. The van der Waals surface area contributed by atoms with Gasteiger partial charge in [-0.3, -0.25) is 4.79 Å². The second-order valence-corrected chi connectivity index (χ2v) is 5.68. The number of hydrogen-bond acceptors (Lipinski definition) is 2. The molecule has 1 fully saturated rings. The molecule has 0 aromatic heterocycles. The number of carbonyl (C=O) groups excluding carboxylic acids is 2. The molecule has 1 unspecified atom stereocenters. The molecule has 0 bridgehead atoms. The van der Waals surface area contributed by atoms with Crippen molar-refractivity contribution in [1.29, 1.82) is 0 Å². The van der Waals surface area contributed by atoms with Crippen LogP contribution in [-0.2, 0) is 4.79 Å². The molecule has 3 amide bonds. The van der Waals surface area contributed by atoms with E-state index in [0.29, 0.717) is 24.2 Å². The van der Waals surface area contributed by atoms with Gasteiger partial charge in [0, 0.05) is 23.5 Å². The summed E-state index contributed by atoms with van der Waals surface area (Å²) in [4.78, 5) is 26.2. The predicted molar refractivity (Wildman–Crippen MR) is 90.5 cm³/mol. The monoisotopic (exact) mass is 327 g/mol. The van der Waals surface area contributed by atoms with Crippen molar-refractivity contribution in [2.24, 2.45) is 0 Å². The van der Waals surface area contributed by atoms with Crippen LogP contribution in [0.3, 0.4) is 0 Å². The van der Waals surface area contributed by atoms with E-state index in [4.69, 9.17) is 0 Å². The molecule has 2 aromatic carbocycles. The minimum absolute atomic E-state index is 0.146. The van der Waals surface area contributed by atoms with Crippen LogP contribution in [0.1, 0.15) is 12.0 Å². The zero-order valence-corrected chi connectivity index (χ0v) is 13.3. The first kappa shape index (κ1) is 16.0. The fraction of sp³-hybridized carbons (Fsp3) is 0.222. The largest absolute Gasteiger partial charge is 0.326 e. The van der Waals surface area contributed by atoms with Crippen LogP contribution in [0.2, 0.25) is 0 Å². The Balaban J connectivity index is 1.63. The highest BCUT2D eigenvalue weighted by Gasteiger charge is 2.33. The summed E-state index contributed by atoms with van der Waals surface area (Å²) in [5.41, 5.74) is 1.56. The average molecular weight is 327 g/mol. The Kier molecular flexibility index (Phi) is 4.46. The Bertz CT molecular complexity index is 764. The summed E-state index contributed by atoms with van der Waals surface area (Å²) in [6.07, 6.45) is 0.531. The van der Waals surface area contributed by atoms with Crippen LogP contribution in [0.15, 0.2) is 48.5 Å². The standard InChI is InChI=1S/C18H18FN3O2/c1-12-14(19)8-5-9-15(12)20-18(24)21-16-10-11-22(17(16)23)13-6-3-2-4-7-13/h2-9,16H,10-11H2,1H3,(H2,20,21,24). The van der Waals surface area contributed by atoms with Crippen molar-refractivity contribution < 1.29 is 14.0 Å². The molecule has 1 atom stereocenters. The summed E-state index contributed by atoms with van der Waals surface area (Å²) in [5.74, 6) is -0.535. The Morgan fingerprint density at radius 2 is 1.92 bits per heavy atom. The molecule has 24 heavy (non-hydrogen) atoms. The highest BCUT2D eigenvalue weighted by molar-refractivity contribution is 6.02. The molecule has 5 nitrogen and oxygen atoms in total. The number of nitrogens with zero attached hydrogens (tertiary/aromatic N) is 1. The van der Waals surface area contributed by atoms with Crippen LogP contribution in [-0.4, -0.2) is 24.5 Å². The van der Waals surface area contributed by atoms with Crippen LogP contribution in [0, 0.1) is 12.7 Å². The highest BCUT2D eigenvalue weighted by Crippen LogP contribution is 2.21. The Morgan fingerprint density at radius 1 is 1.17 bits per heavy atom. The van der Waals surface area contributed by atoms with E-state index >= 15 is 0 Å². The lowest BCUT2D eigenvalue weighted by molar-refractivity contribution is -0.118. The van der Waals surface area contributed by atoms with E-state index < -0.39 is 12.1 Å². The van der Waals surface area contributed by atoms with Gasteiger partial charge in [0.1, 0.15) is 11.9 Å². The van der Waals surface area contributed by atoms with Gasteiger partial charge >= 0.3 is 6.03 Å². The fourth-order valence-corrected chi connectivity index (χ4v) is 2.74. The van der Waals surface area contributed by atoms with Crippen molar-refractivity contribution >= 4 is 23.3 Å². The minimum Gasteiger partial charge on any atom is -0.326 e. The zero-order chi connectivity index (χ0) is 17.1. The van der Waals surface area contributed by atoms with E-state index in [1.807, 2.05) is 30.3 Å². The summed E-state index contributed by atoms with van der Waals surface area (Å²) in [6, 6.07) is 12.7. The lowest BCUT2D eigenvalue weighted by Gasteiger charge is -2.17. The SMILES string of the molecule is Cc1c(F)cccc1NC(=O)NC1CCN(c2ccccc2)C1=O. The van der Waals surface area contributed by atoms with Gasteiger partial charge in [-0.1, -0.05) is 24.3 Å². The molecule has 0 saturated carbocycles. The number of anilines is 2. The number of carbonyl (C=O) groups is 2. The number of amides is 3. The van der Waals surface area contributed by atoms with Crippen LogP contribution >= 0.6 is 0 Å². The van der Waals surface area contributed by atoms with Crippen LogP contribution < -0.4 is 15.5 Å². The molecule has 0 radical (unpaired) electrons. The lowest BCUT2D eigenvalue weighted by Crippen LogP contribution is -2.43. The van der Waals surface area contributed by atoms with Crippen molar-refractivity contribution in [2.75, 3.05) is 16.8 Å². The average Bonchev–Trinajstić information content (AvgIpc) is 2.93. The van der Waals surface area contributed by atoms with Crippen molar-refractivity contribution in [3.8, 4) is 0 Å². The molecule has 0 aliphatic carbocycles. The molecular formula is C18H18FN3O2. The summed E-state index contributed by atoms with van der Waals surface area (Å²) < 4.78 is 13.5. The fourth-order valence-electron chi connectivity index (χ4n) is 2.74. The van der Waals surface area contributed by atoms with Gasteiger partial charge in [0.15, 0.2) is 0 Å². The molecule has 1 saturated heterocycles. The summed E-state index contributed by atoms with van der Waals surface area (Å²) in [5, 5.41) is 5.25. The van der Waals surface area contributed by atoms with Gasteiger partial charge in [0.05, 0.1) is 0 Å². The molecule has 6 heteroatoms. The number of benzene rings is 2. The maximum Gasteiger partial charge on any atom is 0.319 e. The maximum atomic E-state index is 13.5. The third kappa shape index (κ3) is 3.22. The van der Waals surface area contributed by atoms with Crippen LogP contribution in [0.25, 0.3) is 0 Å². The first-order valence-corrected chi connectivity index (χ1v) is 7.75. The summed E-state index contributed by atoms with van der Waals surface area (Å²) >= 11 is 0. The number of nitrogens with one attached hydrogen (secondary N) is 2. The second-order valence-electron chi connectivity index (χ2n) is 5.68. The van der Waals surface area contributed by atoms with Crippen LogP contribution in [0.4, 0.5) is 20.6 Å². The van der Waals surface area contributed by atoms with Crippen molar-refractivity contribution in [3.63, 3.8) is 0 Å². The van der Waals surface area contributed by atoms with Gasteiger partial charge in [0.2, 0.25) is 5.91 Å². The smallest absolute Gasteiger partial charge is 0.319 e. The number of para-hydroxylation sites is 1. The van der Waals surface area contributed by atoms with E-state index in [9.17, 15) is 14.0 Å².